The van der Waals surface area contributed by atoms with Gasteiger partial charge >= 0.3 is 11.9 Å². The highest BCUT2D eigenvalue weighted by Gasteiger charge is 2.67. The van der Waals surface area contributed by atoms with Gasteiger partial charge in [-0.2, -0.15) is 0 Å². The predicted octanol–water partition coefficient (Wildman–Crippen LogP) is 12.3. The molecule has 0 fully saturated rings. The molecule has 8 aromatic rings. The molecule has 0 radical (unpaired) electrons. The first-order valence-electron chi connectivity index (χ1n) is 22.1. The quantitative estimate of drug-likeness (QED) is 0.129. The Hall–Kier alpha value is -6.78. The number of hydrogen-bond donors (Lipinski definition) is 0. The van der Waals surface area contributed by atoms with Crippen LogP contribution in [0.1, 0.15) is 94.2 Å². The molecule has 62 heavy (non-hydrogen) atoms. The van der Waals surface area contributed by atoms with Crippen LogP contribution in [-0.2, 0) is 42.7 Å². The maximum atomic E-state index is 13.7. The standard InChI is InChI=1S/C58H48O4/c1-37(59)61-53(35-33-41-21-15-19-39-17-3-5-23-43(39)41)57-49-29-11-7-25-45(49)56(46-26-8-12-30-50(46)57)58(51-31-13-9-27-47(51)55(57)48-28-10-14-32-52(48)58)54(62-38(2)60)36-34-42-22-16-20-40-18-4-6-24-44(40)42/h3-32,53-56H,33-36H2,1-2H3. The smallest absolute Gasteiger partial charge is 0.302 e. The van der Waals surface area contributed by atoms with Crippen LogP contribution in [0, 0.1) is 0 Å². The van der Waals surface area contributed by atoms with Crippen molar-refractivity contribution in [2.75, 3.05) is 0 Å². The molecule has 8 aromatic carbocycles. The summed E-state index contributed by atoms with van der Waals surface area (Å²) in [5, 5.41) is 4.83. The Balaban J connectivity index is 1.20. The summed E-state index contributed by atoms with van der Waals surface area (Å²) in [6, 6.07) is 65.7. The highest BCUT2D eigenvalue weighted by molar-refractivity contribution is 5.87. The summed E-state index contributed by atoms with van der Waals surface area (Å²) in [7, 11) is 0. The minimum Gasteiger partial charge on any atom is -0.461 e. The lowest BCUT2D eigenvalue weighted by atomic mass is 9.40. The van der Waals surface area contributed by atoms with E-state index in [1.54, 1.807) is 13.8 Å². The maximum absolute atomic E-state index is 13.7. The molecular weight excluding hydrogens is 761 g/mol. The molecule has 0 spiro atoms. The number of carbonyl (C=O) groups is 2. The molecule has 0 saturated carbocycles. The largest absolute Gasteiger partial charge is 0.461 e. The van der Waals surface area contributed by atoms with E-state index in [9.17, 15) is 9.59 Å². The van der Waals surface area contributed by atoms with Crippen LogP contribution >= 0.6 is 0 Å². The lowest BCUT2D eigenvalue weighted by Gasteiger charge is -2.63. The van der Waals surface area contributed by atoms with E-state index in [1.807, 2.05) is 0 Å². The average molecular weight is 809 g/mol. The van der Waals surface area contributed by atoms with Gasteiger partial charge in [-0.15, -0.1) is 0 Å². The van der Waals surface area contributed by atoms with Crippen molar-refractivity contribution in [3.05, 3.63) is 238 Å². The number of fused-ring (bicyclic) bond motifs is 2. The van der Waals surface area contributed by atoms with Crippen molar-refractivity contribution in [1.82, 2.24) is 0 Å². The average Bonchev–Trinajstić information content (AvgIpc) is 3.29. The predicted molar refractivity (Wildman–Crippen MR) is 247 cm³/mol. The van der Waals surface area contributed by atoms with Crippen molar-refractivity contribution >= 4 is 33.5 Å². The maximum Gasteiger partial charge on any atom is 0.302 e. The molecule has 304 valence electrons. The molecular formula is C58H48O4. The zero-order valence-electron chi connectivity index (χ0n) is 35.1. The SMILES string of the molecule is CC(=O)OC(CCc1cccc2ccccc12)C12c3ccccc3C(c3ccccc31)C1(C(CCc3cccc4ccccc34)OC(C)=O)c3ccccc3C2c2ccccc21. The second kappa shape index (κ2) is 15.0. The molecule has 14 rings (SSSR count). The van der Waals surface area contributed by atoms with E-state index in [0.29, 0.717) is 12.8 Å². The fraction of sp³-hybridized carbons (Fsp3) is 0.207. The second-order valence-corrected chi connectivity index (χ2v) is 17.5. The summed E-state index contributed by atoms with van der Waals surface area (Å²) < 4.78 is 13.7. The van der Waals surface area contributed by atoms with Crippen molar-refractivity contribution in [1.29, 1.82) is 0 Å². The van der Waals surface area contributed by atoms with E-state index < -0.39 is 23.0 Å². The van der Waals surface area contributed by atoms with Gasteiger partial charge in [0.1, 0.15) is 12.2 Å². The molecule has 0 N–H and O–H groups in total. The Morgan fingerprint density at radius 3 is 1.08 bits per heavy atom. The van der Waals surface area contributed by atoms with Crippen LogP contribution in [0.15, 0.2) is 182 Å². The minimum absolute atomic E-state index is 0.250. The summed E-state index contributed by atoms with van der Waals surface area (Å²) >= 11 is 0. The van der Waals surface area contributed by atoms with E-state index in [1.165, 1.54) is 77.2 Å². The van der Waals surface area contributed by atoms with Crippen molar-refractivity contribution < 1.29 is 19.1 Å². The lowest BCUT2D eigenvalue weighted by Crippen LogP contribution is -2.61. The van der Waals surface area contributed by atoms with Gasteiger partial charge in [-0.05, 0) is 103 Å². The first kappa shape index (κ1) is 38.2. The van der Waals surface area contributed by atoms with Gasteiger partial charge in [-0.3, -0.25) is 9.59 Å². The number of aryl methyl sites for hydroxylation is 2. The number of benzene rings is 8. The van der Waals surface area contributed by atoms with Crippen LogP contribution in [0.3, 0.4) is 0 Å². The van der Waals surface area contributed by atoms with E-state index in [2.05, 4.69) is 182 Å². The molecule has 4 heteroatoms. The molecule has 0 amide bonds. The fourth-order valence-corrected chi connectivity index (χ4v) is 12.5. The third kappa shape index (κ3) is 5.58. The van der Waals surface area contributed by atoms with Crippen molar-refractivity contribution in [2.45, 2.75) is 74.4 Å². The fourth-order valence-electron chi connectivity index (χ4n) is 12.5. The van der Waals surface area contributed by atoms with Gasteiger partial charge in [0, 0.05) is 25.7 Å². The van der Waals surface area contributed by atoms with Gasteiger partial charge in [0.05, 0.1) is 10.8 Å². The summed E-state index contributed by atoms with van der Waals surface area (Å²) in [4.78, 5) is 27.4. The summed E-state index contributed by atoms with van der Waals surface area (Å²) in [6.07, 6.45) is 1.56. The molecule has 0 heterocycles. The van der Waals surface area contributed by atoms with Crippen LogP contribution < -0.4 is 0 Å². The molecule has 6 aliphatic rings. The number of rotatable bonds is 10. The summed E-state index contributed by atoms with van der Waals surface area (Å²) in [5.41, 5.74) is 10.2. The Morgan fingerprint density at radius 2 is 0.726 bits per heavy atom. The van der Waals surface area contributed by atoms with Crippen LogP contribution in [0.4, 0.5) is 0 Å². The molecule has 0 aliphatic heterocycles. The van der Waals surface area contributed by atoms with Crippen molar-refractivity contribution in [3.8, 4) is 0 Å². The third-order valence-corrected chi connectivity index (χ3v) is 14.5. The van der Waals surface area contributed by atoms with E-state index in [0.717, 1.165) is 12.8 Å². The molecule has 2 unspecified atom stereocenters. The first-order valence-corrected chi connectivity index (χ1v) is 22.1. The highest BCUT2D eigenvalue weighted by Crippen LogP contribution is 2.71. The zero-order chi connectivity index (χ0) is 42.0. The third-order valence-electron chi connectivity index (χ3n) is 14.5. The van der Waals surface area contributed by atoms with Gasteiger partial charge in [0.25, 0.3) is 0 Å². The van der Waals surface area contributed by atoms with Crippen LogP contribution in [-0.4, -0.2) is 24.1 Å². The zero-order valence-corrected chi connectivity index (χ0v) is 35.1. The molecule has 0 aromatic heterocycles. The van der Waals surface area contributed by atoms with Crippen molar-refractivity contribution in [2.24, 2.45) is 0 Å². The Labute approximate surface area is 363 Å². The topological polar surface area (TPSA) is 52.6 Å². The number of ether oxygens (including phenoxy) is 2. The lowest BCUT2D eigenvalue weighted by molar-refractivity contribution is -0.150. The number of esters is 2. The van der Waals surface area contributed by atoms with Gasteiger partial charge in [-0.1, -0.05) is 182 Å². The van der Waals surface area contributed by atoms with Crippen LogP contribution in [0.2, 0.25) is 0 Å². The monoisotopic (exact) mass is 808 g/mol. The van der Waals surface area contributed by atoms with E-state index in [4.69, 9.17) is 9.47 Å². The summed E-state index contributed by atoms with van der Waals surface area (Å²) in [6.45, 7) is 3.11. The minimum atomic E-state index is -0.821. The molecule has 0 saturated heterocycles. The van der Waals surface area contributed by atoms with E-state index >= 15 is 0 Å². The van der Waals surface area contributed by atoms with Gasteiger partial charge in [-0.25, -0.2) is 0 Å². The molecule has 4 bridgehead atoms. The van der Waals surface area contributed by atoms with Gasteiger partial charge in [0.2, 0.25) is 0 Å². The Morgan fingerprint density at radius 1 is 0.419 bits per heavy atom. The highest BCUT2D eigenvalue weighted by atomic mass is 16.5. The molecule has 2 atom stereocenters. The Kier molecular flexibility index (Phi) is 9.23. The normalized spacial score (nSPS) is 21.1. The Bertz CT molecular complexity index is 2740. The molecule has 4 nitrogen and oxygen atoms in total. The van der Waals surface area contributed by atoms with Crippen LogP contribution in [0.25, 0.3) is 21.5 Å². The van der Waals surface area contributed by atoms with E-state index in [-0.39, 0.29) is 23.8 Å². The molecule has 6 aliphatic carbocycles. The van der Waals surface area contributed by atoms with Crippen molar-refractivity contribution in [3.63, 3.8) is 0 Å². The van der Waals surface area contributed by atoms with Gasteiger partial charge < -0.3 is 9.47 Å². The first-order chi connectivity index (χ1) is 30.4. The number of hydrogen-bond acceptors (Lipinski definition) is 4. The van der Waals surface area contributed by atoms with Gasteiger partial charge in [0.15, 0.2) is 0 Å². The van der Waals surface area contributed by atoms with Crippen LogP contribution in [0.5, 0.6) is 0 Å². The summed E-state index contributed by atoms with van der Waals surface area (Å²) in [5.74, 6) is -1.09. The number of carbonyl (C=O) groups excluding carboxylic acids is 2. The second-order valence-electron chi connectivity index (χ2n) is 17.5.